The topological polar surface area (TPSA) is 159 Å². The van der Waals surface area contributed by atoms with Crippen LogP contribution in [-0.4, -0.2) is 68.8 Å². The summed E-state index contributed by atoms with van der Waals surface area (Å²) in [5.41, 5.74) is 0. The smallest absolute Gasteiger partial charge is 0.400 e. The quantitative estimate of drug-likeness (QED) is 0.294. The Morgan fingerprint density at radius 1 is 1.33 bits per heavy atom. The van der Waals surface area contributed by atoms with E-state index in [2.05, 4.69) is 4.99 Å². The van der Waals surface area contributed by atoms with Crippen LogP contribution in [0.3, 0.4) is 0 Å². The fraction of sp³-hybridized carbons (Fsp3) is 0.545. The minimum Gasteiger partial charge on any atom is -0.400 e. The number of nitrogens with zero attached hydrogens (tertiary/aromatic N) is 2. The van der Waals surface area contributed by atoms with Gasteiger partial charge in [0.25, 0.3) is 0 Å². The molecule has 0 bridgehead atoms. The summed E-state index contributed by atoms with van der Waals surface area (Å²) in [6, 6.07) is 1.20. The molecule has 4 N–H and O–H groups in total. The van der Waals surface area contributed by atoms with Crippen LogP contribution >= 0.6 is 0 Å². The Balaban J connectivity index is 2.10. The van der Waals surface area contributed by atoms with E-state index in [1.807, 2.05) is 0 Å². The van der Waals surface area contributed by atoms with Crippen molar-refractivity contribution in [1.29, 1.82) is 0 Å². The average Bonchev–Trinajstić information content (AvgIpc) is 2.91. The lowest BCUT2D eigenvalue weighted by Gasteiger charge is -2.38. The summed E-state index contributed by atoms with van der Waals surface area (Å²) < 4.78 is 9.73. The van der Waals surface area contributed by atoms with Gasteiger partial charge >= 0.3 is 5.88 Å². The molecule has 5 atom stereocenters. The van der Waals surface area contributed by atoms with E-state index in [4.69, 9.17) is 14.3 Å². The van der Waals surface area contributed by atoms with E-state index in [0.717, 1.165) is 12.3 Å². The predicted octanol–water partition coefficient (Wildman–Crippen LogP) is -1.59. The molecule has 0 radical (unpaired) electrons. The average molecular weight is 302 g/mol. The fourth-order valence-electron chi connectivity index (χ4n) is 1.91. The van der Waals surface area contributed by atoms with E-state index < -0.39 is 48.1 Å². The normalized spacial score (nSPS) is 33.4. The highest BCUT2D eigenvalue weighted by atomic mass is 16.6. The molecule has 1 fully saturated rings. The van der Waals surface area contributed by atoms with Gasteiger partial charge in [0.05, 0.1) is 18.9 Å². The van der Waals surface area contributed by atoms with Gasteiger partial charge in [0, 0.05) is 0 Å². The molecular weight excluding hydrogens is 288 g/mol. The summed E-state index contributed by atoms with van der Waals surface area (Å²) in [5.74, 6) is -0.433. The Morgan fingerprint density at radius 2 is 2.05 bits per heavy atom. The lowest BCUT2D eigenvalue weighted by atomic mass is 9.97. The van der Waals surface area contributed by atoms with E-state index in [-0.39, 0.29) is 5.76 Å². The number of rotatable bonds is 4. The first-order valence-electron chi connectivity index (χ1n) is 6.02. The Morgan fingerprint density at radius 3 is 2.62 bits per heavy atom. The van der Waals surface area contributed by atoms with Crippen LogP contribution in [0.2, 0.25) is 0 Å². The number of aliphatic hydroxyl groups excluding tert-OH is 4. The lowest BCUT2D eigenvalue weighted by Crippen LogP contribution is -2.57. The van der Waals surface area contributed by atoms with Gasteiger partial charge in [0.2, 0.25) is 0 Å². The van der Waals surface area contributed by atoms with E-state index >= 15 is 0 Å². The molecule has 1 aliphatic heterocycles. The molecule has 2 heterocycles. The second kappa shape index (κ2) is 6.28. The van der Waals surface area contributed by atoms with E-state index in [1.165, 1.54) is 6.07 Å². The molecule has 0 amide bonds. The summed E-state index contributed by atoms with van der Waals surface area (Å²) in [4.78, 5) is 13.5. The van der Waals surface area contributed by atoms with E-state index in [9.17, 15) is 25.4 Å². The maximum absolute atomic E-state index is 10.4. The van der Waals surface area contributed by atoms with Crippen molar-refractivity contribution in [2.45, 2.75) is 30.6 Å². The Bertz CT molecular complexity index is 530. The first-order valence-corrected chi connectivity index (χ1v) is 6.02. The number of hydrogen-bond donors (Lipinski definition) is 4. The zero-order valence-electron chi connectivity index (χ0n) is 10.6. The number of furan rings is 1. The zero-order valence-corrected chi connectivity index (χ0v) is 10.6. The molecule has 10 nitrogen and oxygen atoms in total. The van der Waals surface area contributed by atoms with Gasteiger partial charge in [0.1, 0.15) is 29.3 Å². The highest BCUT2D eigenvalue weighted by Gasteiger charge is 2.43. The van der Waals surface area contributed by atoms with Crippen LogP contribution in [0.25, 0.3) is 0 Å². The second-order valence-corrected chi connectivity index (χ2v) is 4.43. The molecule has 2 rings (SSSR count). The van der Waals surface area contributed by atoms with Gasteiger partial charge in [-0.3, -0.25) is 15.1 Å². The molecule has 0 aliphatic carbocycles. The number of aliphatic hydroxyl groups is 4. The van der Waals surface area contributed by atoms with Crippen LogP contribution in [0, 0.1) is 10.1 Å². The van der Waals surface area contributed by atoms with Gasteiger partial charge in [-0.1, -0.05) is 0 Å². The minimum atomic E-state index is -1.54. The number of aliphatic imine (C=N–C) groups is 1. The van der Waals surface area contributed by atoms with Crippen LogP contribution in [0.15, 0.2) is 21.5 Å². The van der Waals surface area contributed by atoms with Crippen molar-refractivity contribution in [2.75, 3.05) is 6.61 Å². The Labute approximate surface area is 118 Å². The maximum atomic E-state index is 10.4. The number of ether oxygens (including phenoxy) is 1. The van der Waals surface area contributed by atoms with Crippen LogP contribution < -0.4 is 0 Å². The largest absolute Gasteiger partial charge is 0.433 e. The van der Waals surface area contributed by atoms with Crippen molar-refractivity contribution in [1.82, 2.24) is 0 Å². The first kappa shape index (κ1) is 15.5. The summed E-state index contributed by atoms with van der Waals surface area (Å²) in [5, 5.41) is 48.5. The third kappa shape index (κ3) is 3.25. The molecule has 116 valence electrons. The third-order valence-electron chi connectivity index (χ3n) is 3.03. The van der Waals surface area contributed by atoms with Gasteiger partial charge in [-0.2, -0.15) is 0 Å². The summed E-state index contributed by atoms with van der Waals surface area (Å²) >= 11 is 0. The SMILES string of the molecule is O=[N+]([O-])c1ccc(C=N[C@H]2[C@@H](O)[C@@H](O)[C@@H](CO)O[C@@H]2O)o1. The highest BCUT2D eigenvalue weighted by Crippen LogP contribution is 2.22. The maximum Gasteiger partial charge on any atom is 0.433 e. The molecule has 0 unspecified atom stereocenters. The number of nitro groups is 1. The fourth-order valence-corrected chi connectivity index (χ4v) is 1.91. The van der Waals surface area contributed by atoms with Crippen molar-refractivity contribution in [2.24, 2.45) is 4.99 Å². The monoisotopic (exact) mass is 302 g/mol. The molecule has 0 spiro atoms. The van der Waals surface area contributed by atoms with Crippen molar-refractivity contribution < 1.29 is 34.5 Å². The van der Waals surface area contributed by atoms with Crippen LogP contribution in [0.5, 0.6) is 0 Å². The molecule has 1 aliphatic rings. The molecule has 1 aromatic heterocycles. The van der Waals surface area contributed by atoms with Crippen molar-refractivity contribution >= 4 is 12.1 Å². The van der Waals surface area contributed by atoms with E-state index in [0.29, 0.717) is 0 Å². The first-order chi connectivity index (χ1) is 9.93. The summed E-state index contributed by atoms with van der Waals surface area (Å²) in [6.45, 7) is -0.573. The van der Waals surface area contributed by atoms with Crippen LogP contribution in [0.4, 0.5) is 5.88 Å². The molecule has 10 heteroatoms. The highest BCUT2D eigenvalue weighted by molar-refractivity contribution is 5.76. The molecule has 0 saturated carbocycles. The standard InChI is InChI=1S/C11H14N2O8/c14-4-6-9(15)10(16)8(11(17)21-6)12-3-5-1-2-7(20-5)13(18)19/h1-3,6,8-11,14-17H,4H2/t6-,8+,9+,10-,11+/m1/s1. The molecular formula is C11H14N2O8. The minimum absolute atomic E-state index is 0.0415. The van der Waals surface area contributed by atoms with Gasteiger partial charge in [-0.05, 0) is 6.07 Å². The van der Waals surface area contributed by atoms with Crippen molar-refractivity contribution in [3.63, 3.8) is 0 Å². The van der Waals surface area contributed by atoms with E-state index in [1.54, 1.807) is 0 Å². The number of hydrogen-bond acceptors (Lipinski definition) is 9. The van der Waals surface area contributed by atoms with Crippen molar-refractivity contribution in [3.05, 3.63) is 28.0 Å². The Kier molecular flexibility index (Phi) is 4.65. The third-order valence-corrected chi connectivity index (χ3v) is 3.03. The Hall–Kier alpha value is -1.85. The summed E-state index contributed by atoms with van der Waals surface area (Å²) in [6.07, 6.45) is -4.48. The zero-order chi connectivity index (χ0) is 15.6. The van der Waals surface area contributed by atoms with Gasteiger partial charge in [-0.15, -0.1) is 0 Å². The second-order valence-electron chi connectivity index (χ2n) is 4.43. The van der Waals surface area contributed by atoms with Gasteiger partial charge in [-0.25, -0.2) is 0 Å². The van der Waals surface area contributed by atoms with Crippen LogP contribution in [-0.2, 0) is 4.74 Å². The molecule has 0 aromatic carbocycles. The van der Waals surface area contributed by atoms with Gasteiger partial charge < -0.3 is 29.6 Å². The molecule has 21 heavy (non-hydrogen) atoms. The predicted molar refractivity (Wildman–Crippen MR) is 66.7 cm³/mol. The van der Waals surface area contributed by atoms with Gasteiger partial charge in [0.15, 0.2) is 12.1 Å². The van der Waals surface area contributed by atoms with Crippen LogP contribution in [0.1, 0.15) is 5.76 Å². The van der Waals surface area contributed by atoms with Crippen molar-refractivity contribution in [3.8, 4) is 0 Å². The molecule has 1 aromatic rings. The summed E-state index contributed by atoms with van der Waals surface area (Å²) in [7, 11) is 0. The molecule has 1 saturated heterocycles. The lowest BCUT2D eigenvalue weighted by molar-refractivity contribution is -0.402.